The largest absolute Gasteiger partial charge is 0.402 e. The highest BCUT2D eigenvalue weighted by molar-refractivity contribution is 5.02. The van der Waals surface area contributed by atoms with Crippen molar-refractivity contribution in [1.29, 1.82) is 0 Å². The Hall–Kier alpha value is -0.460. The van der Waals surface area contributed by atoms with Gasteiger partial charge in [0.2, 0.25) is 0 Å². The normalized spacial score (nSPS) is 18.0. The van der Waals surface area contributed by atoms with E-state index in [1.165, 1.54) is 6.42 Å². The van der Waals surface area contributed by atoms with E-state index in [1.807, 2.05) is 0 Å². The van der Waals surface area contributed by atoms with E-state index in [9.17, 15) is 0 Å². The van der Waals surface area contributed by atoms with Gasteiger partial charge in [-0.3, -0.25) is 0 Å². The monoisotopic (exact) mass is 155 g/mol. The lowest BCUT2D eigenvalue weighted by molar-refractivity contribution is 0.618. The highest BCUT2D eigenvalue weighted by atomic mass is 14.6. The van der Waals surface area contributed by atoms with Gasteiger partial charge in [0.25, 0.3) is 0 Å². The van der Waals surface area contributed by atoms with Crippen molar-refractivity contribution in [2.24, 2.45) is 17.6 Å². The number of rotatable bonds is 4. The van der Waals surface area contributed by atoms with Crippen LogP contribution in [0.3, 0.4) is 0 Å². The number of hydrogen-bond acceptors (Lipinski definition) is 1. The molecule has 0 amide bonds. The minimum absolute atomic E-state index is 0.545. The summed E-state index contributed by atoms with van der Waals surface area (Å²) in [6, 6.07) is 0. The van der Waals surface area contributed by atoms with E-state index in [4.69, 9.17) is 5.73 Å². The third kappa shape index (κ3) is 4.07. The van der Waals surface area contributed by atoms with Crippen molar-refractivity contribution in [2.45, 2.75) is 40.5 Å². The standard InChI is InChI=1S/C10H21N/c1-5-8(3)7-10(11)9(4)6-2/h7-9H,5-6,11H2,1-4H3/b10-7-. The van der Waals surface area contributed by atoms with Crippen LogP contribution in [-0.2, 0) is 0 Å². The maximum absolute atomic E-state index is 5.87. The molecule has 2 unspecified atom stereocenters. The lowest BCUT2D eigenvalue weighted by Gasteiger charge is -2.11. The van der Waals surface area contributed by atoms with Crippen LogP contribution in [0.25, 0.3) is 0 Å². The fraction of sp³-hybridized carbons (Fsp3) is 0.800. The van der Waals surface area contributed by atoms with Gasteiger partial charge in [0.1, 0.15) is 0 Å². The van der Waals surface area contributed by atoms with Crippen LogP contribution in [0.1, 0.15) is 40.5 Å². The molecule has 0 aromatic carbocycles. The van der Waals surface area contributed by atoms with E-state index in [0.29, 0.717) is 11.8 Å². The molecule has 66 valence electrons. The van der Waals surface area contributed by atoms with Gasteiger partial charge in [0.05, 0.1) is 0 Å². The van der Waals surface area contributed by atoms with Crippen LogP contribution in [0, 0.1) is 11.8 Å². The molecule has 2 atom stereocenters. The zero-order chi connectivity index (χ0) is 8.85. The molecule has 0 radical (unpaired) electrons. The van der Waals surface area contributed by atoms with E-state index in [0.717, 1.165) is 12.1 Å². The fourth-order valence-electron chi connectivity index (χ4n) is 0.846. The summed E-state index contributed by atoms with van der Waals surface area (Å²) in [4.78, 5) is 0. The molecule has 0 aromatic rings. The Morgan fingerprint density at radius 1 is 1.27 bits per heavy atom. The number of allylic oxidation sites excluding steroid dienone is 2. The summed E-state index contributed by atoms with van der Waals surface area (Å²) in [5.74, 6) is 1.17. The molecule has 0 aliphatic carbocycles. The van der Waals surface area contributed by atoms with E-state index >= 15 is 0 Å². The first-order valence-corrected chi connectivity index (χ1v) is 4.58. The van der Waals surface area contributed by atoms with Crippen LogP contribution in [-0.4, -0.2) is 0 Å². The summed E-state index contributed by atoms with van der Waals surface area (Å²) < 4.78 is 0. The van der Waals surface area contributed by atoms with Gasteiger partial charge in [0, 0.05) is 5.70 Å². The molecule has 0 bridgehead atoms. The van der Waals surface area contributed by atoms with Crippen LogP contribution in [0.5, 0.6) is 0 Å². The molecule has 11 heavy (non-hydrogen) atoms. The Labute approximate surface area is 70.7 Å². The molecule has 0 saturated carbocycles. The Kier molecular flexibility index (Phi) is 5.01. The van der Waals surface area contributed by atoms with Gasteiger partial charge in [-0.15, -0.1) is 0 Å². The van der Waals surface area contributed by atoms with Crippen molar-refractivity contribution >= 4 is 0 Å². The molecular weight excluding hydrogens is 134 g/mol. The molecule has 2 N–H and O–H groups in total. The zero-order valence-electron chi connectivity index (χ0n) is 8.22. The SMILES string of the molecule is CCC(C)/C=C(\N)C(C)CC. The average Bonchev–Trinajstić information content (AvgIpc) is 2.02. The van der Waals surface area contributed by atoms with Crippen molar-refractivity contribution in [1.82, 2.24) is 0 Å². The minimum Gasteiger partial charge on any atom is -0.402 e. The van der Waals surface area contributed by atoms with Gasteiger partial charge in [-0.25, -0.2) is 0 Å². The van der Waals surface area contributed by atoms with Crippen molar-refractivity contribution in [3.8, 4) is 0 Å². The number of hydrogen-bond donors (Lipinski definition) is 1. The molecule has 0 fully saturated rings. The summed E-state index contributed by atoms with van der Waals surface area (Å²) in [7, 11) is 0. The molecule has 0 saturated heterocycles. The molecule has 0 aliphatic heterocycles. The van der Waals surface area contributed by atoms with E-state index in [1.54, 1.807) is 0 Å². The topological polar surface area (TPSA) is 26.0 Å². The van der Waals surface area contributed by atoms with Crippen molar-refractivity contribution in [2.75, 3.05) is 0 Å². The summed E-state index contributed by atoms with van der Waals surface area (Å²) in [6.45, 7) is 8.73. The molecule has 1 heteroatoms. The smallest absolute Gasteiger partial charge is 0.00713 e. The van der Waals surface area contributed by atoms with Crippen LogP contribution in [0.15, 0.2) is 11.8 Å². The molecule has 0 aromatic heterocycles. The fourth-order valence-corrected chi connectivity index (χ4v) is 0.846. The predicted molar refractivity (Wildman–Crippen MR) is 51.2 cm³/mol. The third-order valence-electron chi connectivity index (χ3n) is 2.30. The Morgan fingerprint density at radius 3 is 2.18 bits per heavy atom. The first-order valence-electron chi connectivity index (χ1n) is 4.58. The van der Waals surface area contributed by atoms with Crippen molar-refractivity contribution in [3.63, 3.8) is 0 Å². The lowest BCUT2D eigenvalue weighted by Crippen LogP contribution is -2.09. The quantitative estimate of drug-likeness (QED) is 0.663. The predicted octanol–water partition coefficient (Wildman–Crippen LogP) is 2.92. The van der Waals surface area contributed by atoms with Gasteiger partial charge in [-0.2, -0.15) is 0 Å². The zero-order valence-corrected chi connectivity index (χ0v) is 8.22. The molecule has 0 heterocycles. The van der Waals surface area contributed by atoms with Crippen LogP contribution >= 0.6 is 0 Å². The van der Waals surface area contributed by atoms with E-state index in [2.05, 4.69) is 33.8 Å². The Balaban J connectivity index is 3.98. The molecule has 0 rings (SSSR count). The maximum atomic E-state index is 5.87. The molecule has 0 aliphatic rings. The highest BCUT2D eigenvalue weighted by Gasteiger charge is 2.02. The molecule has 0 spiro atoms. The lowest BCUT2D eigenvalue weighted by atomic mass is 10.00. The average molecular weight is 155 g/mol. The van der Waals surface area contributed by atoms with Gasteiger partial charge in [-0.05, 0) is 18.3 Å². The summed E-state index contributed by atoms with van der Waals surface area (Å²) in [6.07, 6.45) is 4.50. The summed E-state index contributed by atoms with van der Waals surface area (Å²) >= 11 is 0. The Bertz CT molecular complexity index is 127. The van der Waals surface area contributed by atoms with E-state index in [-0.39, 0.29) is 0 Å². The highest BCUT2D eigenvalue weighted by Crippen LogP contribution is 2.12. The van der Waals surface area contributed by atoms with E-state index < -0.39 is 0 Å². The first kappa shape index (κ1) is 10.5. The second-order valence-corrected chi connectivity index (χ2v) is 3.36. The summed E-state index contributed by atoms with van der Waals surface area (Å²) in [5, 5.41) is 0. The van der Waals surface area contributed by atoms with Crippen molar-refractivity contribution < 1.29 is 0 Å². The minimum atomic E-state index is 0.545. The maximum Gasteiger partial charge on any atom is 0.00713 e. The van der Waals surface area contributed by atoms with Gasteiger partial charge < -0.3 is 5.73 Å². The summed E-state index contributed by atoms with van der Waals surface area (Å²) in [5.41, 5.74) is 6.92. The second kappa shape index (κ2) is 5.22. The van der Waals surface area contributed by atoms with Crippen LogP contribution in [0.4, 0.5) is 0 Å². The van der Waals surface area contributed by atoms with Gasteiger partial charge >= 0.3 is 0 Å². The third-order valence-corrected chi connectivity index (χ3v) is 2.30. The molecular formula is C10H21N. The van der Waals surface area contributed by atoms with Crippen LogP contribution < -0.4 is 5.73 Å². The Morgan fingerprint density at radius 2 is 1.82 bits per heavy atom. The number of nitrogens with two attached hydrogens (primary N) is 1. The first-order chi connectivity index (χ1) is 5.11. The van der Waals surface area contributed by atoms with Crippen LogP contribution in [0.2, 0.25) is 0 Å². The van der Waals surface area contributed by atoms with Crippen molar-refractivity contribution in [3.05, 3.63) is 11.8 Å². The second-order valence-electron chi connectivity index (χ2n) is 3.36. The molecule has 1 nitrogen and oxygen atoms in total. The van der Waals surface area contributed by atoms with Gasteiger partial charge in [0.15, 0.2) is 0 Å². The van der Waals surface area contributed by atoms with Gasteiger partial charge in [-0.1, -0.05) is 40.2 Å².